The summed E-state index contributed by atoms with van der Waals surface area (Å²) >= 11 is 0. The van der Waals surface area contributed by atoms with Crippen molar-refractivity contribution in [2.24, 2.45) is 5.92 Å². The highest BCUT2D eigenvalue weighted by atomic mass is 16.2. The van der Waals surface area contributed by atoms with Crippen LogP contribution in [0.2, 0.25) is 0 Å². The second-order valence-corrected chi connectivity index (χ2v) is 8.69. The third-order valence-electron chi connectivity index (χ3n) is 6.62. The SMILES string of the molecule is O=C(C1CCCN1C(=O)CCc1ccccc1)N1CCC(Cc2ccccc2)CC1. The Kier molecular flexibility index (Phi) is 6.83. The molecule has 0 spiro atoms. The number of carbonyl (C=O) groups is 2. The minimum atomic E-state index is -0.251. The van der Waals surface area contributed by atoms with E-state index in [2.05, 4.69) is 42.5 Å². The Morgan fingerprint density at radius 1 is 0.800 bits per heavy atom. The van der Waals surface area contributed by atoms with E-state index >= 15 is 0 Å². The fourth-order valence-corrected chi connectivity index (χ4v) is 4.88. The molecule has 30 heavy (non-hydrogen) atoms. The molecule has 0 radical (unpaired) electrons. The average molecular weight is 405 g/mol. The molecular formula is C26H32N2O2. The van der Waals surface area contributed by atoms with Gasteiger partial charge in [-0.3, -0.25) is 9.59 Å². The first kappa shape index (κ1) is 20.6. The third-order valence-corrected chi connectivity index (χ3v) is 6.62. The predicted octanol–water partition coefficient (Wildman–Crippen LogP) is 4.09. The van der Waals surface area contributed by atoms with Crippen LogP contribution >= 0.6 is 0 Å². The number of piperidine rings is 1. The van der Waals surface area contributed by atoms with Crippen molar-refractivity contribution in [1.29, 1.82) is 0 Å². The predicted molar refractivity (Wildman–Crippen MR) is 119 cm³/mol. The molecule has 1 unspecified atom stereocenters. The lowest BCUT2D eigenvalue weighted by Crippen LogP contribution is -2.50. The van der Waals surface area contributed by atoms with Crippen molar-refractivity contribution < 1.29 is 9.59 Å². The smallest absolute Gasteiger partial charge is 0.245 e. The molecule has 1 atom stereocenters. The van der Waals surface area contributed by atoms with Crippen molar-refractivity contribution in [2.45, 2.75) is 51.0 Å². The number of hydrogen-bond acceptors (Lipinski definition) is 2. The molecule has 0 N–H and O–H groups in total. The van der Waals surface area contributed by atoms with Gasteiger partial charge in [-0.15, -0.1) is 0 Å². The monoisotopic (exact) mass is 404 g/mol. The van der Waals surface area contributed by atoms with Crippen LogP contribution < -0.4 is 0 Å². The summed E-state index contributed by atoms with van der Waals surface area (Å²) in [4.78, 5) is 29.9. The molecule has 4 heteroatoms. The molecule has 2 aliphatic heterocycles. The van der Waals surface area contributed by atoms with Gasteiger partial charge in [0.1, 0.15) is 6.04 Å². The van der Waals surface area contributed by atoms with Crippen LogP contribution in [0.3, 0.4) is 0 Å². The zero-order valence-electron chi connectivity index (χ0n) is 17.7. The summed E-state index contributed by atoms with van der Waals surface area (Å²) in [6.45, 7) is 2.35. The van der Waals surface area contributed by atoms with E-state index in [9.17, 15) is 9.59 Å². The van der Waals surface area contributed by atoms with E-state index in [-0.39, 0.29) is 17.9 Å². The Balaban J connectivity index is 1.28. The van der Waals surface area contributed by atoms with Gasteiger partial charge in [-0.2, -0.15) is 0 Å². The van der Waals surface area contributed by atoms with Crippen molar-refractivity contribution in [3.05, 3.63) is 71.8 Å². The molecule has 2 aromatic carbocycles. The highest BCUT2D eigenvalue weighted by molar-refractivity contribution is 5.88. The molecule has 4 rings (SSSR count). The molecule has 2 aromatic rings. The van der Waals surface area contributed by atoms with E-state index in [1.807, 2.05) is 28.0 Å². The number of aryl methyl sites for hydroxylation is 1. The van der Waals surface area contributed by atoms with Gasteiger partial charge >= 0.3 is 0 Å². The molecule has 2 aliphatic rings. The van der Waals surface area contributed by atoms with Crippen LogP contribution in [0.5, 0.6) is 0 Å². The van der Waals surface area contributed by atoms with Gasteiger partial charge in [0.2, 0.25) is 11.8 Å². The van der Waals surface area contributed by atoms with Crippen LogP contribution in [0.1, 0.15) is 43.2 Å². The number of carbonyl (C=O) groups excluding carboxylic acids is 2. The van der Waals surface area contributed by atoms with Gasteiger partial charge in [0.25, 0.3) is 0 Å². The van der Waals surface area contributed by atoms with Gasteiger partial charge in [0.15, 0.2) is 0 Å². The van der Waals surface area contributed by atoms with Gasteiger partial charge < -0.3 is 9.80 Å². The molecule has 2 heterocycles. The van der Waals surface area contributed by atoms with Crippen LogP contribution in [0.4, 0.5) is 0 Å². The normalized spacial score (nSPS) is 19.8. The van der Waals surface area contributed by atoms with E-state index < -0.39 is 0 Å². The number of hydrogen-bond donors (Lipinski definition) is 0. The second kappa shape index (κ2) is 9.92. The summed E-state index contributed by atoms with van der Waals surface area (Å²) < 4.78 is 0. The number of nitrogens with zero attached hydrogens (tertiary/aromatic N) is 2. The quantitative estimate of drug-likeness (QED) is 0.728. The van der Waals surface area contributed by atoms with Crippen molar-refractivity contribution in [3.8, 4) is 0 Å². The van der Waals surface area contributed by atoms with Crippen LogP contribution in [-0.2, 0) is 22.4 Å². The third kappa shape index (κ3) is 5.10. The highest BCUT2D eigenvalue weighted by Crippen LogP contribution is 2.26. The second-order valence-electron chi connectivity index (χ2n) is 8.69. The van der Waals surface area contributed by atoms with Crippen LogP contribution in [0.25, 0.3) is 0 Å². The van der Waals surface area contributed by atoms with E-state index in [1.165, 1.54) is 11.1 Å². The summed E-state index contributed by atoms with van der Waals surface area (Å²) in [5.41, 5.74) is 2.56. The maximum absolute atomic E-state index is 13.2. The first-order valence-electron chi connectivity index (χ1n) is 11.4. The zero-order valence-corrected chi connectivity index (χ0v) is 17.7. The van der Waals surface area contributed by atoms with Crippen LogP contribution in [-0.4, -0.2) is 47.3 Å². The fourth-order valence-electron chi connectivity index (χ4n) is 4.88. The summed E-state index contributed by atoms with van der Waals surface area (Å²) in [5, 5.41) is 0. The molecule has 0 aliphatic carbocycles. The summed E-state index contributed by atoms with van der Waals surface area (Å²) in [6, 6.07) is 20.5. The topological polar surface area (TPSA) is 40.6 Å². The van der Waals surface area contributed by atoms with E-state index in [0.29, 0.717) is 18.9 Å². The molecule has 2 fully saturated rings. The molecule has 2 saturated heterocycles. The Morgan fingerprint density at radius 3 is 2.10 bits per heavy atom. The summed E-state index contributed by atoms with van der Waals surface area (Å²) in [5.74, 6) is 0.927. The number of amides is 2. The Morgan fingerprint density at radius 2 is 1.43 bits per heavy atom. The van der Waals surface area contributed by atoms with Crippen LogP contribution in [0, 0.1) is 5.92 Å². The first-order valence-corrected chi connectivity index (χ1v) is 11.4. The van der Waals surface area contributed by atoms with Crippen molar-refractivity contribution in [1.82, 2.24) is 9.80 Å². The van der Waals surface area contributed by atoms with Crippen LogP contribution in [0.15, 0.2) is 60.7 Å². The van der Waals surface area contributed by atoms with Gasteiger partial charge in [-0.1, -0.05) is 60.7 Å². The van der Waals surface area contributed by atoms with E-state index in [4.69, 9.17) is 0 Å². The zero-order chi connectivity index (χ0) is 20.8. The molecule has 4 nitrogen and oxygen atoms in total. The first-order chi connectivity index (χ1) is 14.7. The highest BCUT2D eigenvalue weighted by Gasteiger charge is 2.37. The lowest BCUT2D eigenvalue weighted by Gasteiger charge is -2.35. The minimum Gasteiger partial charge on any atom is -0.341 e. The summed E-state index contributed by atoms with van der Waals surface area (Å²) in [6.07, 6.45) is 6.15. The van der Waals surface area contributed by atoms with Gasteiger partial charge in [-0.25, -0.2) is 0 Å². The summed E-state index contributed by atoms with van der Waals surface area (Å²) in [7, 11) is 0. The molecule has 0 saturated carbocycles. The van der Waals surface area contributed by atoms with Crippen molar-refractivity contribution >= 4 is 11.8 Å². The fraction of sp³-hybridized carbons (Fsp3) is 0.462. The largest absolute Gasteiger partial charge is 0.341 e. The van der Waals surface area contributed by atoms with Crippen molar-refractivity contribution in [3.63, 3.8) is 0 Å². The van der Waals surface area contributed by atoms with Gasteiger partial charge in [0, 0.05) is 26.1 Å². The number of benzene rings is 2. The van der Waals surface area contributed by atoms with E-state index in [0.717, 1.165) is 51.6 Å². The Bertz CT molecular complexity index is 829. The maximum Gasteiger partial charge on any atom is 0.245 e. The lowest BCUT2D eigenvalue weighted by atomic mass is 9.90. The van der Waals surface area contributed by atoms with Crippen molar-refractivity contribution in [2.75, 3.05) is 19.6 Å². The molecule has 0 aromatic heterocycles. The standard InChI is InChI=1S/C26H32N2O2/c29-25(14-13-21-8-3-1-4-9-21)28-17-7-12-24(28)26(30)27-18-15-23(16-19-27)20-22-10-5-2-6-11-22/h1-6,8-11,23-24H,7,12-20H2. The Hall–Kier alpha value is -2.62. The molecule has 2 amide bonds. The van der Waals surface area contributed by atoms with Gasteiger partial charge in [-0.05, 0) is 55.6 Å². The number of likely N-dealkylation sites (tertiary alicyclic amines) is 2. The Labute approximate surface area is 179 Å². The van der Waals surface area contributed by atoms with Gasteiger partial charge in [0.05, 0.1) is 0 Å². The maximum atomic E-state index is 13.2. The minimum absolute atomic E-state index is 0.119. The molecule has 0 bridgehead atoms. The lowest BCUT2D eigenvalue weighted by molar-refractivity contribution is -0.144. The average Bonchev–Trinajstić information content (AvgIpc) is 3.29. The molecule has 158 valence electrons. The number of rotatable bonds is 6. The van der Waals surface area contributed by atoms with E-state index in [1.54, 1.807) is 0 Å². The molecular weight excluding hydrogens is 372 g/mol.